The average Bonchev–Trinajstić information content (AvgIpc) is 3.47. The van der Waals surface area contributed by atoms with E-state index in [0.717, 1.165) is 25.9 Å². The Bertz CT molecular complexity index is 811. The van der Waals surface area contributed by atoms with Crippen molar-refractivity contribution in [2.75, 3.05) is 25.0 Å². The van der Waals surface area contributed by atoms with Crippen LogP contribution in [0.5, 0.6) is 0 Å². The number of aliphatic imine (C=N–C) groups is 1. The van der Waals surface area contributed by atoms with Gasteiger partial charge in [0, 0.05) is 49.4 Å². The maximum absolute atomic E-state index is 14.0. The Hall–Kier alpha value is -2.63. The van der Waals surface area contributed by atoms with Crippen LogP contribution < -0.4 is 15.5 Å². The van der Waals surface area contributed by atoms with Gasteiger partial charge in [-0.25, -0.2) is 8.78 Å². The summed E-state index contributed by atoms with van der Waals surface area (Å²) in [4.78, 5) is 6.70. The molecule has 0 amide bonds. The SMILES string of the molecule is CN=C(NC1CCN(c2ccccc2)CC1)NC1CC1c1c(F)cccc1F. The Labute approximate surface area is 164 Å². The van der Waals surface area contributed by atoms with Crippen LogP contribution in [0.25, 0.3) is 0 Å². The summed E-state index contributed by atoms with van der Waals surface area (Å²) in [6.07, 6.45) is 2.75. The van der Waals surface area contributed by atoms with E-state index in [0.29, 0.717) is 18.4 Å². The molecule has 0 radical (unpaired) electrons. The van der Waals surface area contributed by atoms with Crippen molar-refractivity contribution in [2.45, 2.75) is 37.3 Å². The van der Waals surface area contributed by atoms with Gasteiger partial charge in [0.15, 0.2) is 5.96 Å². The molecule has 2 aromatic carbocycles. The highest BCUT2D eigenvalue weighted by Gasteiger charge is 2.42. The van der Waals surface area contributed by atoms with Crippen molar-refractivity contribution in [1.82, 2.24) is 10.6 Å². The molecule has 2 fully saturated rings. The lowest BCUT2D eigenvalue weighted by molar-refractivity contribution is 0.461. The Kier molecular flexibility index (Phi) is 5.46. The lowest BCUT2D eigenvalue weighted by atomic mass is 10.0. The molecule has 0 bridgehead atoms. The zero-order valence-electron chi connectivity index (χ0n) is 16.0. The van der Waals surface area contributed by atoms with Crippen LogP contribution in [0, 0.1) is 11.6 Å². The number of anilines is 1. The standard InChI is InChI=1S/C22H26F2N4/c1-25-22(27-20-14-17(20)21-18(23)8-5-9-19(21)24)26-15-10-12-28(13-11-15)16-6-3-2-4-7-16/h2-9,15,17,20H,10-14H2,1H3,(H2,25,26,27). The number of nitrogens with one attached hydrogen (secondary N) is 2. The van der Waals surface area contributed by atoms with Crippen molar-refractivity contribution in [3.8, 4) is 0 Å². The number of para-hydroxylation sites is 1. The van der Waals surface area contributed by atoms with Crippen LogP contribution in [-0.4, -0.2) is 38.2 Å². The first kappa shape index (κ1) is 18.7. The molecule has 148 valence electrons. The highest BCUT2D eigenvalue weighted by atomic mass is 19.1. The largest absolute Gasteiger partial charge is 0.371 e. The maximum Gasteiger partial charge on any atom is 0.191 e. The first-order valence-corrected chi connectivity index (χ1v) is 9.89. The fraction of sp³-hybridized carbons (Fsp3) is 0.409. The highest BCUT2D eigenvalue weighted by Crippen LogP contribution is 2.43. The van der Waals surface area contributed by atoms with Crippen molar-refractivity contribution in [1.29, 1.82) is 0 Å². The highest BCUT2D eigenvalue weighted by molar-refractivity contribution is 5.81. The first-order valence-electron chi connectivity index (χ1n) is 9.89. The number of rotatable bonds is 4. The summed E-state index contributed by atoms with van der Waals surface area (Å²) in [6, 6.07) is 14.9. The van der Waals surface area contributed by atoms with E-state index >= 15 is 0 Å². The molecular weight excluding hydrogens is 358 g/mol. The van der Waals surface area contributed by atoms with Crippen LogP contribution in [0.4, 0.5) is 14.5 Å². The predicted octanol–water partition coefficient (Wildman–Crippen LogP) is 3.65. The van der Waals surface area contributed by atoms with Gasteiger partial charge in [0.25, 0.3) is 0 Å². The van der Waals surface area contributed by atoms with E-state index in [2.05, 4.69) is 44.8 Å². The molecule has 2 aromatic rings. The van der Waals surface area contributed by atoms with E-state index < -0.39 is 11.6 Å². The molecule has 2 unspecified atom stereocenters. The minimum atomic E-state index is -0.467. The molecule has 1 saturated heterocycles. The van der Waals surface area contributed by atoms with Gasteiger partial charge in [-0.2, -0.15) is 0 Å². The van der Waals surface area contributed by atoms with Crippen LogP contribution >= 0.6 is 0 Å². The molecule has 28 heavy (non-hydrogen) atoms. The number of nitrogens with zero attached hydrogens (tertiary/aromatic N) is 2. The van der Waals surface area contributed by atoms with Crippen LogP contribution in [0.3, 0.4) is 0 Å². The molecule has 2 aliphatic rings. The molecule has 2 atom stereocenters. The monoisotopic (exact) mass is 384 g/mol. The van der Waals surface area contributed by atoms with Gasteiger partial charge in [0.2, 0.25) is 0 Å². The minimum Gasteiger partial charge on any atom is -0.371 e. The normalized spacial score (nSPS) is 22.8. The predicted molar refractivity (Wildman–Crippen MR) is 109 cm³/mol. The molecule has 4 nitrogen and oxygen atoms in total. The van der Waals surface area contributed by atoms with Gasteiger partial charge >= 0.3 is 0 Å². The molecule has 1 aliphatic heterocycles. The number of hydrogen-bond acceptors (Lipinski definition) is 2. The van der Waals surface area contributed by atoms with Crippen molar-refractivity contribution in [3.05, 3.63) is 65.7 Å². The van der Waals surface area contributed by atoms with E-state index in [1.807, 2.05) is 6.07 Å². The van der Waals surface area contributed by atoms with Crippen molar-refractivity contribution < 1.29 is 8.78 Å². The lowest BCUT2D eigenvalue weighted by Gasteiger charge is -2.34. The Morgan fingerprint density at radius 1 is 0.964 bits per heavy atom. The first-order chi connectivity index (χ1) is 13.7. The quantitative estimate of drug-likeness (QED) is 0.624. The number of hydrogen-bond donors (Lipinski definition) is 2. The summed E-state index contributed by atoms with van der Waals surface area (Å²) >= 11 is 0. The van der Waals surface area contributed by atoms with Gasteiger partial charge < -0.3 is 15.5 Å². The molecule has 2 N–H and O–H groups in total. The van der Waals surface area contributed by atoms with Gasteiger partial charge in [-0.05, 0) is 43.5 Å². The number of piperidine rings is 1. The van der Waals surface area contributed by atoms with Gasteiger partial charge in [-0.1, -0.05) is 24.3 Å². The summed E-state index contributed by atoms with van der Waals surface area (Å²) < 4.78 is 27.9. The smallest absolute Gasteiger partial charge is 0.191 e. The van der Waals surface area contributed by atoms with E-state index in [4.69, 9.17) is 0 Å². The van der Waals surface area contributed by atoms with Gasteiger partial charge in [0.05, 0.1) is 0 Å². The molecular formula is C22H26F2N4. The van der Waals surface area contributed by atoms with E-state index in [-0.39, 0.29) is 17.5 Å². The Morgan fingerprint density at radius 3 is 2.29 bits per heavy atom. The topological polar surface area (TPSA) is 39.7 Å². The maximum atomic E-state index is 14.0. The second kappa shape index (κ2) is 8.17. The van der Waals surface area contributed by atoms with E-state index in [1.54, 1.807) is 7.05 Å². The third-order valence-electron chi connectivity index (χ3n) is 5.66. The third-order valence-corrected chi connectivity index (χ3v) is 5.66. The van der Waals surface area contributed by atoms with Crippen LogP contribution in [0.2, 0.25) is 0 Å². The van der Waals surface area contributed by atoms with E-state index in [1.165, 1.54) is 23.9 Å². The zero-order chi connectivity index (χ0) is 19.5. The second-order valence-electron chi connectivity index (χ2n) is 7.54. The fourth-order valence-electron chi connectivity index (χ4n) is 4.00. The van der Waals surface area contributed by atoms with Crippen molar-refractivity contribution in [2.24, 2.45) is 4.99 Å². The molecule has 4 rings (SSSR count). The average molecular weight is 384 g/mol. The van der Waals surface area contributed by atoms with Crippen molar-refractivity contribution >= 4 is 11.6 Å². The molecule has 0 spiro atoms. The van der Waals surface area contributed by atoms with Gasteiger partial charge in [-0.3, -0.25) is 4.99 Å². The number of benzene rings is 2. The Balaban J connectivity index is 1.29. The van der Waals surface area contributed by atoms with E-state index in [9.17, 15) is 8.78 Å². The summed E-state index contributed by atoms with van der Waals surface area (Å²) in [6.45, 7) is 1.98. The summed E-state index contributed by atoms with van der Waals surface area (Å²) in [5, 5.41) is 6.80. The molecule has 1 saturated carbocycles. The molecule has 0 aromatic heterocycles. The van der Waals surface area contributed by atoms with Crippen LogP contribution in [0.15, 0.2) is 53.5 Å². The number of halogens is 2. The summed E-state index contributed by atoms with van der Waals surface area (Å²) in [5.41, 5.74) is 1.45. The van der Waals surface area contributed by atoms with Crippen LogP contribution in [0.1, 0.15) is 30.7 Å². The Morgan fingerprint density at radius 2 is 1.64 bits per heavy atom. The summed E-state index contributed by atoms with van der Waals surface area (Å²) in [5.74, 6) is -0.363. The second-order valence-corrected chi connectivity index (χ2v) is 7.54. The molecule has 6 heteroatoms. The minimum absolute atomic E-state index is 0.0157. The number of guanidine groups is 1. The van der Waals surface area contributed by atoms with Gasteiger partial charge in [0.1, 0.15) is 11.6 Å². The summed E-state index contributed by atoms with van der Waals surface area (Å²) in [7, 11) is 1.73. The van der Waals surface area contributed by atoms with Gasteiger partial charge in [-0.15, -0.1) is 0 Å². The molecule has 1 aliphatic carbocycles. The zero-order valence-corrected chi connectivity index (χ0v) is 16.0. The van der Waals surface area contributed by atoms with Crippen molar-refractivity contribution in [3.63, 3.8) is 0 Å². The molecule has 1 heterocycles. The fourth-order valence-corrected chi connectivity index (χ4v) is 4.00. The van der Waals surface area contributed by atoms with Crippen LogP contribution in [-0.2, 0) is 0 Å². The lowest BCUT2D eigenvalue weighted by Crippen LogP contribution is -2.49. The third kappa shape index (κ3) is 4.11.